The van der Waals surface area contributed by atoms with Gasteiger partial charge in [0.1, 0.15) is 5.82 Å². The summed E-state index contributed by atoms with van der Waals surface area (Å²) in [6.45, 7) is 3.08. The molecule has 1 N–H and O–H groups in total. The van der Waals surface area contributed by atoms with Crippen LogP contribution in [-0.4, -0.2) is 31.0 Å². The lowest BCUT2D eigenvalue weighted by molar-refractivity contribution is -0.119. The molecule has 0 saturated heterocycles. The molecule has 0 aliphatic carbocycles. The number of likely N-dealkylation sites (N-methyl/N-ethyl adjacent to an activating group) is 2. The van der Waals surface area contributed by atoms with Gasteiger partial charge in [0.25, 0.3) is 0 Å². The van der Waals surface area contributed by atoms with Gasteiger partial charge in [0.15, 0.2) is 0 Å². The van der Waals surface area contributed by atoms with Gasteiger partial charge < -0.3 is 10.2 Å². The minimum absolute atomic E-state index is 0.0124. The number of carbonyl (C=O) groups is 1. The van der Waals surface area contributed by atoms with E-state index in [2.05, 4.69) is 26.2 Å². The number of hydrogen-bond acceptors (Lipinski definition) is 3. The monoisotopic (exact) mass is 271 g/mol. The molecule has 0 aliphatic heterocycles. The fourth-order valence-corrected chi connectivity index (χ4v) is 1.40. The lowest BCUT2D eigenvalue weighted by atomic mass is 10.4. The summed E-state index contributed by atoms with van der Waals surface area (Å²) in [6.07, 6.45) is 1.72. The molecule has 0 aliphatic rings. The Balaban J connectivity index is 2.74. The highest BCUT2D eigenvalue weighted by molar-refractivity contribution is 9.10. The first-order chi connectivity index (χ1) is 7.17. The maximum Gasteiger partial charge on any atom is 0.239 e. The molecule has 82 valence electrons. The van der Waals surface area contributed by atoms with Crippen LogP contribution >= 0.6 is 15.9 Å². The van der Waals surface area contributed by atoms with E-state index in [1.165, 1.54) is 0 Å². The second-order valence-corrected chi connectivity index (χ2v) is 3.94. The minimum Gasteiger partial charge on any atom is -0.358 e. The van der Waals surface area contributed by atoms with Crippen LogP contribution in [0.2, 0.25) is 0 Å². The summed E-state index contributed by atoms with van der Waals surface area (Å²) >= 11 is 3.32. The second kappa shape index (κ2) is 5.70. The summed E-state index contributed by atoms with van der Waals surface area (Å²) in [7, 11) is 1.63. The van der Waals surface area contributed by atoms with Crippen LogP contribution < -0.4 is 10.2 Å². The Morgan fingerprint density at radius 2 is 2.33 bits per heavy atom. The van der Waals surface area contributed by atoms with Crippen LogP contribution in [0.25, 0.3) is 0 Å². The number of aromatic nitrogens is 1. The normalized spacial score (nSPS) is 9.80. The quantitative estimate of drug-likeness (QED) is 0.901. The number of halogens is 1. The van der Waals surface area contributed by atoms with Crippen LogP contribution in [0.1, 0.15) is 6.92 Å². The smallest absolute Gasteiger partial charge is 0.239 e. The highest BCUT2D eigenvalue weighted by atomic mass is 79.9. The molecule has 1 amide bonds. The summed E-state index contributed by atoms with van der Waals surface area (Å²) in [5.74, 6) is 0.797. The van der Waals surface area contributed by atoms with Crippen LogP contribution in [0.3, 0.4) is 0 Å². The average molecular weight is 272 g/mol. The lowest BCUT2D eigenvalue weighted by Crippen LogP contribution is -2.35. The zero-order valence-electron chi connectivity index (χ0n) is 8.83. The predicted octanol–water partition coefficient (Wildman–Crippen LogP) is 1.42. The van der Waals surface area contributed by atoms with Gasteiger partial charge in [-0.15, -0.1) is 0 Å². The summed E-state index contributed by atoms with van der Waals surface area (Å²) in [6, 6.07) is 3.80. The molecule has 1 rings (SSSR count). The Kier molecular flexibility index (Phi) is 4.55. The molecule has 0 unspecified atom stereocenters. The first-order valence-electron chi connectivity index (χ1n) is 4.74. The van der Waals surface area contributed by atoms with Gasteiger partial charge >= 0.3 is 0 Å². The number of anilines is 1. The van der Waals surface area contributed by atoms with E-state index in [1.54, 1.807) is 13.2 Å². The first kappa shape index (κ1) is 12.0. The van der Waals surface area contributed by atoms with Gasteiger partial charge in [-0.3, -0.25) is 4.79 Å². The third kappa shape index (κ3) is 3.51. The fourth-order valence-electron chi connectivity index (χ4n) is 1.16. The van der Waals surface area contributed by atoms with E-state index in [-0.39, 0.29) is 5.91 Å². The molecule has 0 radical (unpaired) electrons. The molecule has 0 spiro atoms. The highest BCUT2D eigenvalue weighted by Gasteiger charge is 2.09. The van der Waals surface area contributed by atoms with Gasteiger partial charge in [0.2, 0.25) is 5.91 Å². The van der Waals surface area contributed by atoms with Crippen molar-refractivity contribution in [3.63, 3.8) is 0 Å². The number of nitrogens with zero attached hydrogens (tertiary/aromatic N) is 2. The Morgan fingerprint density at radius 3 is 2.80 bits per heavy atom. The van der Waals surface area contributed by atoms with Crippen molar-refractivity contribution in [3.8, 4) is 0 Å². The molecule has 15 heavy (non-hydrogen) atoms. The zero-order valence-corrected chi connectivity index (χ0v) is 10.4. The molecular formula is C10H14BrN3O. The van der Waals surface area contributed by atoms with Crippen molar-refractivity contribution in [2.45, 2.75) is 6.92 Å². The number of carbonyl (C=O) groups excluding carboxylic acids is 1. The van der Waals surface area contributed by atoms with E-state index in [1.807, 2.05) is 24.0 Å². The number of pyridine rings is 1. The van der Waals surface area contributed by atoms with Gasteiger partial charge in [-0.25, -0.2) is 4.98 Å². The Morgan fingerprint density at radius 1 is 1.60 bits per heavy atom. The average Bonchev–Trinajstić information content (AvgIpc) is 2.27. The molecule has 5 heteroatoms. The van der Waals surface area contributed by atoms with Gasteiger partial charge in [-0.1, -0.05) is 0 Å². The maximum absolute atomic E-state index is 11.2. The molecule has 1 aromatic heterocycles. The first-order valence-corrected chi connectivity index (χ1v) is 5.53. The van der Waals surface area contributed by atoms with Gasteiger partial charge in [0, 0.05) is 24.3 Å². The Bertz CT molecular complexity index is 326. The van der Waals surface area contributed by atoms with Gasteiger partial charge in [-0.2, -0.15) is 0 Å². The summed E-state index contributed by atoms with van der Waals surface area (Å²) in [5.41, 5.74) is 0. The van der Waals surface area contributed by atoms with Crippen LogP contribution in [0.4, 0.5) is 5.82 Å². The summed E-state index contributed by atoms with van der Waals surface area (Å²) < 4.78 is 0.933. The molecule has 0 aromatic carbocycles. The van der Waals surface area contributed by atoms with Crippen molar-refractivity contribution in [1.82, 2.24) is 10.3 Å². The van der Waals surface area contributed by atoms with E-state index < -0.39 is 0 Å². The van der Waals surface area contributed by atoms with Crippen LogP contribution in [-0.2, 0) is 4.79 Å². The SMILES string of the molecule is CCN(CC(=O)NC)c1ccc(Br)cn1. The molecule has 1 heterocycles. The maximum atomic E-state index is 11.2. The second-order valence-electron chi connectivity index (χ2n) is 3.02. The van der Waals surface area contributed by atoms with Crippen molar-refractivity contribution in [2.24, 2.45) is 0 Å². The molecule has 0 bridgehead atoms. The predicted molar refractivity (Wildman–Crippen MR) is 63.9 cm³/mol. The van der Waals surface area contributed by atoms with Crippen molar-refractivity contribution in [2.75, 3.05) is 25.0 Å². The molecular weight excluding hydrogens is 258 g/mol. The number of amides is 1. The van der Waals surface area contributed by atoms with Crippen molar-refractivity contribution >= 4 is 27.7 Å². The summed E-state index contributed by atoms with van der Waals surface area (Å²) in [4.78, 5) is 17.4. The number of rotatable bonds is 4. The van der Waals surface area contributed by atoms with Gasteiger partial charge in [-0.05, 0) is 35.0 Å². The topological polar surface area (TPSA) is 45.2 Å². The van der Waals surface area contributed by atoms with E-state index in [0.29, 0.717) is 6.54 Å². The van der Waals surface area contributed by atoms with Gasteiger partial charge in [0.05, 0.1) is 6.54 Å². The van der Waals surface area contributed by atoms with Crippen LogP contribution in [0.5, 0.6) is 0 Å². The third-order valence-electron chi connectivity index (χ3n) is 2.03. The van der Waals surface area contributed by atoms with Crippen LogP contribution in [0.15, 0.2) is 22.8 Å². The van der Waals surface area contributed by atoms with Crippen molar-refractivity contribution < 1.29 is 4.79 Å². The Labute approximate surface area is 97.8 Å². The Hall–Kier alpha value is -1.10. The number of hydrogen-bond donors (Lipinski definition) is 1. The molecule has 0 fully saturated rings. The largest absolute Gasteiger partial charge is 0.358 e. The number of nitrogens with one attached hydrogen (secondary N) is 1. The summed E-state index contributed by atoms with van der Waals surface area (Å²) in [5, 5.41) is 2.59. The highest BCUT2D eigenvalue weighted by Crippen LogP contribution is 2.14. The fraction of sp³-hybridized carbons (Fsp3) is 0.400. The molecule has 0 atom stereocenters. The van der Waals surface area contributed by atoms with Crippen molar-refractivity contribution in [3.05, 3.63) is 22.8 Å². The lowest BCUT2D eigenvalue weighted by Gasteiger charge is -2.20. The van der Waals surface area contributed by atoms with E-state index in [0.717, 1.165) is 16.8 Å². The molecule has 4 nitrogen and oxygen atoms in total. The van der Waals surface area contributed by atoms with E-state index >= 15 is 0 Å². The zero-order chi connectivity index (χ0) is 11.3. The van der Waals surface area contributed by atoms with Crippen LogP contribution in [0, 0.1) is 0 Å². The standard InChI is InChI=1S/C10H14BrN3O/c1-3-14(7-10(15)12-2)9-5-4-8(11)6-13-9/h4-6H,3,7H2,1-2H3,(H,12,15). The van der Waals surface area contributed by atoms with E-state index in [4.69, 9.17) is 0 Å². The third-order valence-corrected chi connectivity index (χ3v) is 2.50. The molecule has 1 aromatic rings. The van der Waals surface area contributed by atoms with E-state index in [9.17, 15) is 4.79 Å². The van der Waals surface area contributed by atoms with Crippen molar-refractivity contribution in [1.29, 1.82) is 0 Å². The minimum atomic E-state index is -0.0124. The molecule has 0 saturated carbocycles.